The maximum Gasteiger partial charge on any atom is 0.255 e. The maximum atomic E-state index is 14.6. The number of unbranched alkanes of at least 4 members (excludes halogenated alkanes) is 1. The van der Waals surface area contributed by atoms with Gasteiger partial charge in [0, 0.05) is 12.1 Å². The van der Waals surface area contributed by atoms with Gasteiger partial charge in [-0.1, -0.05) is 110 Å². The molecule has 184 valence electrons. The first-order chi connectivity index (χ1) is 16.0. The number of rotatable bonds is 15. The third-order valence-corrected chi connectivity index (χ3v) is 6.87. The van der Waals surface area contributed by atoms with Crippen molar-refractivity contribution in [3.8, 4) is 0 Å². The predicted octanol–water partition coefficient (Wildman–Crippen LogP) is 8.44. The Balaban J connectivity index is 2.69. The van der Waals surface area contributed by atoms with E-state index in [0.29, 0.717) is 6.42 Å². The lowest BCUT2D eigenvalue weighted by atomic mass is 9.90. The molecule has 0 unspecified atom stereocenters. The van der Waals surface area contributed by atoms with E-state index in [2.05, 4.69) is 57.7 Å². The van der Waals surface area contributed by atoms with Gasteiger partial charge < -0.3 is 10.0 Å². The molecule has 0 fully saturated rings. The molecular weight excluding hydrogens is 406 g/mol. The minimum atomic E-state index is -0.609. The first-order valence-electron chi connectivity index (χ1n) is 13.6. The fraction of sp³-hybridized carbons (Fsp3) is 0.633. The average molecular weight is 454 g/mol. The summed E-state index contributed by atoms with van der Waals surface area (Å²) >= 11 is 0. The summed E-state index contributed by atoms with van der Waals surface area (Å²) in [4.78, 5) is 16.8. The number of nitrogens with zero attached hydrogens (tertiary/aromatic N) is 1. The maximum absolute atomic E-state index is 14.6. The van der Waals surface area contributed by atoms with Crippen molar-refractivity contribution in [1.29, 1.82) is 0 Å². The van der Waals surface area contributed by atoms with Crippen molar-refractivity contribution in [1.82, 2.24) is 4.90 Å². The van der Waals surface area contributed by atoms with E-state index < -0.39 is 6.10 Å². The SMILES string of the molecule is CCCC[C@H](O)c1ccc2ccccc2c1C(=O)N(C(CCC)CCC)C(CCC)CCC. The lowest BCUT2D eigenvalue weighted by Gasteiger charge is -2.39. The molecule has 2 aromatic carbocycles. The molecule has 1 N–H and O–H groups in total. The number of carbonyl (C=O) groups excluding carboxylic acids is 1. The molecule has 1 amide bonds. The van der Waals surface area contributed by atoms with E-state index >= 15 is 0 Å². The zero-order valence-electron chi connectivity index (χ0n) is 21.8. The van der Waals surface area contributed by atoms with Crippen molar-refractivity contribution in [3.05, 3.63) is 47.5 Å². The topological polar surface area (TPSA) is 40.5 Å². The summed E-state index contributed by atoms with van der Waals surface area (Å²) in [7, 11) is 0. The van der Waals surface area contributed by atoms with Gasteiger partial charge in [-0.3, -0.25) is 4.79 Å². The lowest BCUT2D eigenvalue weighted by molar-refractivity contribution is 0.0505. The van der Waals surface area contributed by atoms with Gasteiger partial charge in [-0.15, -0.1) is 0 Å². The highest BCUT2D eigenvalue weighted by Crippen LogP contribution is 2.33. The number of amides is 1. The van der Waals surface area contributed by atoms with Crippen molar-refractivity contribution in [2.75, 3.05) is 0 Å². The van der Waals surface area contributed by atoms with Gasteiger partial charge in [-0.2, -0.15) is 0 Å². The Hall–Kier alpha value is -1.87. The molecule has 0 bridgehead atoms. The molecule has 0 aromatic heterocycles. The van der Waals surface area contributed by atoms with Crippen LogP contribution in [0.25, 0.3) is 10.8 Å². The molecule has 2 rings (SSSR count). The summed E-state index contributed by atoms with van der Waals surface area (Å²) in [6.45, 7) is 11.0. The number of benzene rings is 2. The molecule has 0 aliphatic carbocycles. The molecular formula is C30H47NO2. The Bertz CT molecular complexity index is 818. The fourth-order valence-electron chi connectivity index (χ4n) is 5.29. The monoisotopic (exact) mass is 453 g/mol. The summed E-state index contributed by atoms with van der Waals surface area (Å²) in [6.07, 6.45) is 10.5. The second-order valence-corrected chi connectivity index (χ2v) is 9.58. The zero-order valence-corrected chi connectivity index (χ0v) is 21.8. The van der Waals surface area contributed by atoms with Gasteiger partial charge in [-0.05, 0) is 48.4 Å². The van der Waals surface area contributed by atoms with Crippen LogP contribution in [-0.4, -0.2) is 28.0 Å². The summed E-state index contributed by atoms with van der Waals surface area (Å²) in [6, 6.07) is 12.7. The van der Waals surface area contributed by atoms with Crippen molar-refractivity contribution < 1.29 is 9.90 Å². The molecule has 0 radical (unpaired) electrons. The smallest absolute Gasteiger partial charge is 0.255 e. The number of fused-ring (bicyclic) bond motifs is 1. The van der Waals surface area contributed by atoms with Gasteiger partial charge in [0.25, 0.3) is 5.91 Å². The van der Waals surface area contributed by atoms with Crippen molar-refractivity contribution >= 4 is 16.7 Å². The van der Waals surface area contributed by atoms with E-state index in [-0.39, 0.29) is 18.0 Å². The quantitative estimate of drug-likeness (QED) is 0.294. The number of carbonyl (C=O) groups is 1. The molecule has 1 atom stereocenters. The number of aliphatic hydroxyl groups is 1. The Morgan fingerprint density at radius 2 is 1.30 bits per heavy atom. The van der Waals surface area contributed by atoms with Gasteiger partial charge >= 0.3 is 0 Å². The highest BCUT2D eigenvalue weighted by atomic mass is 16.3. The van der Waals surface area contributed by atoms with Crippen LogP contribution in [0.5, 0.6) is 0 Å². The second-order valence-electron chi connectivity index (χ2n) is 9.58. The van der Waals surface area contributed by atoms with Crippen LogP contribution in [0.2, 0.25) is 0 Å². The molecule has 3 nitrogen and oxygen atoms in total. The van der Waals surface area contributed by atoms with Gasteiger partial charge in [0.2, 0.25) is 0 Å². The molecule has 0 saturated carbocycles. The third-order valence-electron chi connectivity index (χ3n) is 6.87. The van der Waals surface area contributed by atoms with Crippen molar-refractivity contribution in [3.63, 3.8) is 0 Å². The summed E-state index contributed by atoms with van der Waals surface area (Å²) in [5, 5.41) is 13.2. The molecule has 0 aliphatic rings. The van der Waals surface area contributed by atoms with Crippen molar-refractivity contribution in [2.45, 2.75) is 123 Å². The van der Waals surface area contributed by atoms with Crippen LogP contribution in [0.1, 0.15) is 127 Å². The second kappa shape index (κ2) is 14.4. The molecule has 0 heterocycles. The fourth-order valence-corrected chi connectivity index (χ4v) is 5.29. The average Bonchev–Trinajstić information content (AvgIpc) is 2.82. The Morgan fingerprint density at radius 3 is 1.82 bits per heavy atom. The van der Waals surface area contributed by atoms with Crippen LogP contribution in [0.15, 0.2) is 36.4 Å². The number of hydrogen-bond donors (Lipinski definition) is 1. The van der Waals surface area contributed by atoms with Gasteiger partial charge in [0.1, 0.15) is 0 Å². The Morgan fingerprint density at radius 1 is 0.758 bits per heavy atom. The standard InChI is InChI=1S/C30H47NO2/c1-6-11-20-28(32)27-22-21-23-18-12-13-19-26(23)29(27)30(33)31(24(14-7-2)15-8-3)25(16-9-4)17-10-5/h12-13,18-19,21-22,24-25,28,32H,6-11,14-17,20H2,1-5H3/t28-/m0/s1. The van der Waals surface area contributed by atoms with E-state index in [1.807, 2.05) is 18.2 Å². The van der Waals surface area contributed by atoms with E-state index in [0.717, 1.165) is 86.1 Å². The Kier molecular flexibility index (Phi) is 11.9. The van der Waals surface area contributed by atoms with E-state index in [1.54, 1.807) is 0 Å². The first-order valence-corrected chi connectivity index (χ1v) is 13.6. The minimum Gasteiger partial charge on any atom is -0.388 e. The van der Waals surface area contributed by atoms with Crippen LogP contribution in [-0.2, 0) is 0 Å². The van der Waals surface area contributed by atoms with E-state index in [1.165, 1.54) is 0 Å². The van der Waals surface area contributed by atoms with E-state index in [9.17, 15) is 9.90 Å². The zero-order chi connectivity index (χ0) is 24.2. The van der Waals surface area contributed by atoms with Crippen LogP contribution in [0.3, 0.4) is 0 Å². The molecule has 2 aromatic rings. The van der Waals surface area contributed by atoms with Gasteiger partial charge in [0.15, 0.2) is 0 Å². The van der Waals surface area contributed by atoms with Gasteiger partial charge in [-0.25, -0.2) is 0 Å². The normalized spacial score (nSPS) is 12.6. The third kappa shape index (κ3) is 7.06. The molecule has 0 saturated heterocycles. The lowest BCUT2D eigenvalue weighted by Crippen LogP contribution is -2.47. The number of aliphatic hydroxyl groups excluding tert-OH is 1. The van der Waals surface area contributed by atoms with E-state index in [4.69, 9.17) is 0 Å². The van der Waals surface area contributed by atoms with Crippen molar-refractivity contribution in [2.24, 2.45) is 0 Å². The molecule has 0 aliphatic heterocycles. The van der Waals surface area contributed by atoms with Crippen LogP contribution in [0, 0.1) is 0 Å². The summed E-state index contributed by atoms with van der Waals surface area (Å²) in [5.74, 6) is 0.121. The highest BCUT2D eigenvalue weighted by molar-refractivity contribution is 6.08. The summed E-state index contributed by atoms with van der Waals surface area (Å²) in [5.41, 5.74) is 1.53. The van der Waals surface area contributed by atoms with Crippen LogP contribution >= 0.6 is 0 Å². The largest absolute Gasteiger partial charge is 0.388 e. The Labute approximate surface area is 202 Å². The molecule has 33 heavy (non-hydrogen) atoms. The minimum absolute atomic E-state index is 0.121. The first kappa shape index (κ1) is 27.4. The van der Waals surface area contributed by atoms with Crippen LogP contribution in [0.4, 0.5) is 0 Å². The van der Waals surface area contributed by atoms with Gasteiger partial charge in [0.05, 0.1) is 11.7 Å². The molecule has 0 spiro atoms. The predicted molar refractivity (Wildman–Crippen MR) is 142 cm³/mol. The highest BCUT2D eigenvalue weighted by Gasteiger charge is 2.33. The molecule has 3 heteroatoms. The van der Waals surface area contributed by atoms with Crippen LogP contribution < -0.4 is 0 Å². The summed E-state index contributed by atoms with van der Waals surface area (Å²) < 4.78 is 0. The number of hydrogen-bond acceptors (Lipinski definition) is 2.